The van der Waals surface area contributed by atoms with Crippen LogP contribution in [0.1, 0.15) is 18.6 Å². The molecule has 19 heavy (non-hydrogen) atoms. The van der Waals surface area contributed by atoms with E-state index < -0.39 is 22.2 Å². The van der Waals surface area contributed by atoms with Crippen molar-refractivity contribution in [2.24, 2.45) is 5.14 Å². The van der Waals surface area contributed by atoms with E-state index in [0.29, 0.717) is 5.56 Å². The van der Waals surface area contributed by atoms with Gasteiger partial charge in [-0.3, -0.25) is 0 Å². The first kappa shape index (κ1) is 13.6. The van der Waals surface area contributed by atoms with Crippen LogP contribution >= 0.6 is 0 Å². The van der Waals surface area contributed by atoms with Gasteiger partial charge in [0, 0.05) is 0 Å². The monoisotopic (exact) mass is 286 g/mol. The van der Waals surface area contributed by atoms with Crippen LogP contribution in [0.3, 0.4) is 0 Å². The van der Waals surface area contributed by atoms with Gasteiger partial charge in [0.15, 0.2) is 0 Å². The molecule has 104 valence electrons. The number of sulfonamides is 1. The highest BCUT2D eigenvalue weighted by molar-refractivity contribution is 7.89. The van der Waals surface area contributed by atoms with Gasteiger partial charge in [-0.25, -0.2) is 18.4 Å². The van der Waals surface area contributed by atoms with Crippen molar-refractivity contribution >= 4 is 16.1 Å². The van der Waals surface area contributed by atoms with E-state index in [-0.39, 0.29) is 16.7 Å². The van der Waals surface area contributed by atoms with Crippen LogP contribution in [-0.2, 0) is 14.8 Å². The van der Waals surface area contributed by atoms with E-state index in [4.69, 9.17) is 14.6 Å². The largest absolute Gasteiger partial charge is 0.495 e. The molecule has 2 rings (SSSR count). The van der Waals surface area contributed by atoms with Crippen LogP contribution in [0, 0.1) is 0 Å². The number of nitrogens with two attached hydrogens (primary N) is 1. The molecule has 0 radical (unpaired) electrons. The third-order valence-electron chi connectivity index (χ3n) is 2.86. The van der Waals surface area contributed by atoms with Crippen molar-refractivity contribution in [2.75, 3.05) is 7.11 Å². The number of rotatable bonds is 3. The number of hydrogen-bond acceptors (Lipinski definition) is 5. The summed E-state index contributed by atoms with van der Waals surface area (Å²) in [5.74, 6) is 0.149. The number of hydrogen-bond donors (Lipinski definition) is 2. The molecule has 1 aromatic carbocycles. The molecular weight excluding hydrogens is 272 g/mol. The van der Waals surface area contributed by atoms with Crippen LogP contribution in [-0.4, -0.2) is 27.7 Å². The fourth-order valence-electron chi connectivity index (χ4n) is 1.96. The Morgan fingerprint density at radius 3 is 2.58 bits per heavy atom. The van der Waals surface area contributed by atoms with Gasteiger partial charge in [0.2, 0.25) is 10.0 Å². The molecule has 0 aromatic heterocycles. The van der Waals surface area contributed by atoms with Gasteiger partial charge in [0.1, 0.15) is 16.7 Å². The predicted molar refractivity (Wildman–Crippen MR) is 66.2 cm³/mol. The van der Waals surface area contributed by atoms with Crippen LogP contribution in [0.2, 0.25) is 0 Å². The van der Waals surface area contributed by atoms with E-state index in [0.717, 1.165) is 0 Å². The van der Waals surface area contributed by atoms with Gasteiger partial charge in [0.05, 0.1) is 13.2 Å². The Labute approximate surface area is 110 Å². The summed E-state index contributed by atoms with van der Waals surface area (Å²) in [5.41, 5.74) is 0.538. The molecule has 1 fully saturated rings. The molecule has 0 spiro atoms. The minimum Gasteiger partial charge on any atom is -0.495 e. The summed E-state index contributed by atoms with van der Waals surface area (Å²) in [6.45, 7) is 1.76. The van der Waals surface area contributed by atoms with Crippen LogP contribution in [0.5, 0.6) is 5.75 Å². The van der Waals surface area contributed by atoms with Crippen molar-refractivity contribution < 1.29 is 22.7 Å². The molecule has 1 amide bonds. The van der Waals surface area contributed by atoms with Gasteiger partial charge >= 0.3 is 6.09 Å². The lowest BCUT2D eigenvalue weighted by atomic mass is 10.0. The number of cyclic esters (lactones) is 1. The molecule has 1 aliphatic heterocycles. The Morgan fingerprint density at radius 1 is 1.42 bits per heavy atom. The van der Waals surface area contributed by atoms with Crippen LogP contribution in [0.15, 0.2) is 23.1 Å². The lowest BCUT2D eigenvalue weighted by Crippen LogP contribution is -2.24. The summed E-state index contributed by atoms with van der Waals surface area (Å²) >= 11 is 0. The number of carbonyl (C=O) groups excluding carboxylic acids is 1. The Balaban J connectivity index is 2.47. The SMILES string of the molecule is COc1ccc([C@@H]2OC(=O)N[C@@H]2C)cc1S(N)(=O)=O. The van der Waals surface area contributed by atoms with E-state index in [1.807, 2.05) is 0 Å². The fourth-order valence-corrected chi connectivity index (χ4v) is 2.69. The third kappa shape index (κ3) is 2.64. The standard InChI is InChI=1S/C11H14N2O5S/c1-6-10(18-11(14)13-6)7-3-4-8(17-2)9(5-7)19(12,15)16/h3-6,10H,1-2H3,(H,13,14)(H2,12,15,16)/t6-,10-/m1/s1. The summed E-state index contributed by atoms with van der Waals surface area (Å²) in [6.07, 6.45) is -1.09. The smallest absolute Gasteiger partial charge is 0.408 e. The average molecular weight is 286 g/mol. The van der Waals surface area contributed by atoms with E-state index in [1.165, 1.54) is 19.2 Å². The zero-order valence-corrected chi connectivity index (χ0v) is 11.2. The van der Waals surface area contributed by atoms with Crippen molar-refractivity contribution in [3.05, 3.63) is 23.8 Å². The first-order valence-corrected chi connectivity index (χ1v) is 7.05. The normalized spacial score (nSPS) is 22.8. The summed E-state index contributed by atoms with van der Waals surface area (Å²) in [7, 11) is -2.56. The van der Waals surface area contributed by atoms with E-state index >= 15 is 0 Å². The van der Waals surface area contributed by atoms with Crippen molar-refractivity contribution in [3.63, 3.8) is 0 Å². The molecule has 1 aromatic rings. The summed E-state index contributed by atoms with van der Waals surface area (Å²) in [5, 5.41) is 7.71. The minimum atomic E-state index is -3.91. The highest BCUT2D eigenvalue weighted by Crippen LogP contribution is 2.31. The topological polar surface area (TPSA) is 108 Å². The third-order valence-corrected chi connectivity index (χ3v) is 3.79. The Hall–Kier alpha value is -1.80. The molecule has 3 N–H and O–H groups in total. The predicted octanol–water partition coefficient (Wildman–Crippen LogP) is 0.512. The Kier molecular flexibility index (Phi) is 3.38. The molecule has 2 atom stereocenters. The maximum atomic E-state index is 11.5. The number of benzene rings is 1. The van der Waals surface area contributed by atoms with Crippen LogP contribution < -0.4 is 15.2 Å². The van der Waals surface area contributed by atoms with Crippen molar-refractivity contribution in [3.8, 4) is 5.75 Å². The maximum absolute atomic E-state index is 11.5. The zero-order chi connectivity index (χ0) is 14.2. The van der Waals surface area contributed by atoms with Crippen molar-refractivity contribution in [1.29, 1.82) is 0 Å². The molecule has 1 aliphatic rings. The molecule has 0 aliphatic carbocycles. The molecule has 1 saturated heterocycles. The molecule has 8 heteroatoms. The molecule has 0 bridgehead atoms. The quantitative estimate of drug-likeness (QED) is 0.841. The van der Waals surface area contributed by atoms with Crippen molar-refractivity contribution in [1.82, 2.24) is 5.32 Å². The molecular formula is C11H14N2O5S. The number of ether oxygens (including phenoxy) is 2. The second-order valence-corrected chi connectivity index (χ2v) is 5.74. The minimum absolute atomic E-state index is 0.136. The fraction of sp³-hybridized carbons (Fsp3) is 0.364. The number of carbonyl (C=O) groups is 1. The first-order chi connectivity index (χ1) is 8.82. The highest BCUT2D eigenvalue weighted by Gasteiger charge is 2.32. The Morgan fingerprint density at radius 2 is 2.11 bits per heavy atom. The number of primary sulfonamides is 1. The summed E-state index contributed by atoms with van der Waals surface area (Å²) in [4.78, 5) is 11.0. The second-order valence-electron chi connectivity index (χ2n) is 4.21. The van der Waals surface area contributed by atoms with E-state index in [1.54, 1.807) is 13.0 Å². The lowest BCUT2D eigenvalue weighted by molar-refractivity contribution is 0.133. The molecule has 0 saturated carbocycles. The first-order valence-electron chi connectivity index (χ1n) is 5.51. The van der Waals surface area contributed by atoms with Gasteiger partial charge in [-0.1, -0.05) is 6.07 Å². The van der Waals surface area contributed by atoms with Gasteiger partial charge in [-0.05, 0) is 24.6 Å². The van der Waals surface area contributed by atoms with Gasteiger partial charge in [-0.2, -0.15) is 0 Å². The van der Waals surface area contributed by atoms with Gasteiger partial charge < -0.3 is 14.8 Å². The zero-order valence-electron chi connectivity index (χ0n) is 10.4. The summed E-state index contributed by atoms with van der Waals surface area (Å²) in [6, 6.07) is 4.22. The highest BCUT2D eigenvalue weighted by atomic mass is 32.2. The Bertz CT molecular complexity index is 614. The molecule has 0 unspecified atom stereocenters. The van der Waals surface area contributed by atoms with Crippen molar-refractivity contribution in [2.45, 2.75) is 24.0 Å². The van der Waals surface area contributed by atoms with E-state index in [9.17, 15) is 13.2 Å². The molecule has 7 nitrogen and oxygen atoms in total. The summed E-state index contributed by atoms with van der Waals surface area (Å²) < 4.78 is 33.0. The number of nitrogens with one attached hydrogen (secondary N) is 1. The van der Waals surface area contributed by atoms with Gasteiger partial charge in [0.25, 0.3) is 0 Å². The lowest BCUT2D eigenvalue weighted by Gasteiger charge is -2.15. The van der Waals surface area contributed by atoms with Crippen LogP contribution in [0.4, 0.5) is 4.79 Å². The maximum Gasteiger partial charge on any atom is 0.408 e. The van der Waals surface area contributed by atoms with E-state index in [2.05, 4.69) is 5.32 Å². The average Bonchev–Trinajstić information content (AvgIpc) is 2.66. The number of amides is 1. The van der Waals surface area contributed by atoms with Gasteiger partial charge in [-0.15, -0.1) is 0 Å². The number of alkyl carbamates (subject to hydrolysis) is 1. The van der Waals surface area contributed by atoms with Crippen LogP contribution in [0.25, 0.3) is 0 Å². The molecule has 1 heterocycles. The number of methoxy groups -OCH3 is 1. The second kappa shape index (κ2) is 4.71.